The first-order valence-electron chi connectivity index (χ1n) is 30.5. The molecule has 5 aliphatic carbocycles. The first kappa shape index (κ1) is 55.3. The Balaban J connectivity index is 0.964. The monoisotopic (exact) mass is 1120 g/mol. The van der Waals surface area contributed by atoms with Gasteiger partial charge in [-0.2, -0.15) is 0 Å². The molecule has 1 spiro atoms. The van der Waals surface area contributed by atoms with Crippen molar-refractivity contribution in [3.05, 3.63) is 211 Å². The van der Waals surface area contributed by atoms with E-state index in [1.165, 1.54) is 47.8 Å². The van der Waals surface area contributed by atoms with Gasteiger partial charge in [-0.3, -0.25) is 4.79 Å². The van der Waals surface area contributed by atoms with Crippen LogP contribution >= 0.6 is 0 Å². The molecule has 2 bridgehead atoms. The van der Waals surface area contributed by atoms with E-state index in [-0.39, 0.29) is 103 Å². The summed E-state index contributed by atoms with van der Waals surface area (Å²) in [7, 11) is 1.52. The van der Waals surface area contributed by atoms with E-state index in [1.54, 1.807) is 13.0 Å². The van der Waals surface area contributed by atoms with Gasteiger partial charge >= 0.3 is 17.6 Å². The van der Waals surface area contributed by atoms with Gasteiger partial charge in [-0.15, -0.1) is 0 Å². The standard InChI is InChI=1S/C72H76O11/c1-43(40-74)53-26-21-44-19-22-46(23-20-44)54-27-25-48(47-13-10-16-52(37-47)71(32-8-9-33-71)51-14-4-3-5-15-51)36-50(54)38-63(76)80-67-65-62(30-29-58-60(41-75)64(70(78)81-66(58)65)49(31-35-73)42-79-2)83-72(68(67)82-69(53)77)34-11-18-57-56-28-24-45-12-6-7-17-55(45)59(56)39-61(57)72/h3-7,10,12-17,19-20,22-25,27-30,37,48-50,54,56-57,59,61,67-68,73-75H,8-9,11,18,21,26,31-36,38-42H2,1-2H3. The van der Waals surface area contributed by atoms with Crippen LogP contribution in [0.4, 0.5) is 0 Å². The lowest BCUT2D eigenvalue weighted by atomic mass is 9.63. The van der Waals surface area contributed by atoms with E-state index in [9.17, 15) is 20.1 Å². The topological polar surface area (TPSA) is 162 Å². The second-order valence-electron chi connectivity index (χ2n) is 25.0. The van der Waals surface area contributed by atoms with E-state index < -0.39 is 47.9 Å². The van der Waals surface area contributed by atoms with Crippen molar-refractivity contribution in [3.8, 4) is 5.75 Å². The Bertz CT molecular complexity index is 3560. The van der Waals surface area contributed by atoms with Crippen molar-refractivity contribution in [2.24, 2.45) is 23.7 Å². The molecule has 3 aliphatic heterocycles. The summed E-state index contributed by atoms with van der Waals surface area (Å²) < 4.78 is 33.9. The average Bonchev–Trinajstić information content (AvgIpc) is 3.78. The molecule has 430 valence electrons. The average molecular weight is 1120 g/mol. The zero-order valence-corrected chi connectivity index (χ0v) is 47.7. The Morgan fingerprint density at radius 1 is 0.783 bits per heavy atom. The van der Waals surface area contributed by atoms with Gasteiger partial charge in [0.05, 0.1) is 25.4 Å². The van der Waals surface area contributed by atoms with E-state index in [0.717, 1.165) is 43.2 Å². The largest absolute Gasteiger partial charge is 0.482 e. The minimum absolute atomic E-state index is 0.00480. The number of aliphatic hydroxyl groups excluding tert-OH is 3. The summed E-state index contributed by atoms with van der Waals surface area (Å²) in [5.74, 6) is -1.44. The molecule has 14 rings (SSSR count). The van der Waals surface area contributed by atoms with Gasteiger partial charge in [0.25, 0.3) is 0 Å². The predicted molar refractivity (Wildman–Crippen MR) is 318 cm³/mol. The van der Waals surface area contributed by atoms with Crippen LogP contribution in [0.1, 0.15) is 169 Å². The Morgan fingerprint density at radius 2 is 1.58 bits per heavy atom. The third-order valence-corrected chi connectivity index (χ3v) is 20.8. The van der Waals surface area contributed by atoms with Crippen LogP contribution in [0, 0.1) is 23.7 Å². The SMILES string of the molecule is COCC(CCO)c1c(CO)c2ccc3c(c2oc1=O)C1OC(=O)CC2CC(c4cccc(C5(c6ccccc6)CCCC5)c4)C=CC2c2ccc(cc2)CCC(=C(C)CO)C(=O)OC1C1(CCCC2C4C=Cc5ccccc5C4CC21)O3. The number of benzene rings is 5. The minimum atomic E-state index is -1.34. The van der Waals surface area contributed by atoms with E-state index >= 15 is 9.59 Å². The molecule has 11 heteroatoms. The summed E-state index contributed by atoms with van der Waals surface area (Å²) in [6, 6.07) is 40.7. The van der Waals surface area contributed by atoms with Gasteiger partial charge in [0.1, 0.15) is 11.3 Å². The second-order valence-corrected chi connectivity index (χ2v) is 25.0. The molecular formula is C72H76O11. The molecule has 83 heavy (non-hydrogen) atoms. The van der Waals surface area contributed by atoms with Crippen molar-refractivity contribution in [2.45, 2.75) is 144 Å². The van der Waals surface area contributed by atoms with Gasteiger partial charge in [0, 0.05) is 65.7 Å². The zero-order chi connectivity index (χ0) is 57.0. The molecule has 4 heterocycles. The number of ether oxygens (including phenoxy) is 4. The lowest BCUT2D eigenvalue weighted by Crippen LogP contribution is -2.62. The van der Waals surface area contributed by atoms with Gasteiger partial charge in [-0.25, -0.2) is 9.59 Å². The number of hydrogen-bond donors (Lipinski definition) is 3. The number of rotatable bonds is 10. The third kappa shape index (κ3) is 9.73. The molecule has 1 aromatic heterocycles. The summed E-state index contributed by atoms with van der Waals surface area (Å²) in [6.45, 7) is 0.699. The molecule has 3 fully saturated rings. The Kier molecular flexibility index (Phi) is 15.3. The number of aliphatic hydroxyl groups is 3. The molecular weight excluding hydrogens is 1040 g/mol. The van der Waals surface area contributed by atoms with Crippen LogP contribution in [0.3, 0.4) is 0 Å². The Labute approximate surface area is 486 Å². The van der Waals surface area contributed by atoms with Crippen LogP contribution in [0.2, 0.25) is 0 Å². The highest BCUT2D eigenvalue weighted by atomic mass is 16.6. The maximum absolute atomic E-state index is 15.8. The first-order valence-corrected chi connectivity index (χ1v) is 30.5. The lowest BCUT2D eigenvalue weighted by Gasteiger charge is -2.53. The van der Waals surface area contributed by atoms with Gasteiger partial charge in [-0.05, 0) is 157 Å². The minimum Gasteiger partial charge on any atom is -0.482 e. The molecule has 11 nitrogen and oxygen atoms in total. The molecule has 6 aromatic rings. The van der Waals surface area contributed by atoms with Crippen LogP contribution in [-0.2, 0) is 42.2 Å². The molecule has 0 saturated heterocycles. The number of methoxy groups -OCH3 is 1. The van der Waals surface area contributed by atoms with Crippen LogP contribution in [0.25, 0.3) is 17.0 Å². The van der Waals surface area contributed by atoms with Crippen LogP contribution in [-0.4, -0.2) is 65.9 Å². The number of carbonyl (C=O) groups is 2. The molecule has 0 amide bonds. The van der Waals surface area contributed by atoms with Crippen molar-refractivity contribution in [2.75, 3.05) is 26.9 Å². The summed E-state index contributed by atoms with van der Waals surface area (Å²) in [4.78, 5) is 46.0. The number of esters is 2. The van der Waals surface area contributed by atoms with E-state index in [0.29, 0.717) is 47.1 Å². The second kappa shape index (κ2) is 22.9. The highest BCUT2D eigenvalue weighted by Crippen LogP contribution is 2.64. The highest BCUT2D eigenvalue weighted by molar-refractivity contribution is 5.90. The Morgan fingerprint density at radius 3 is 2.36 bits per heavy atom. The van der Waals surface area contributed by atoms with Gasteiger partial charge in [-0.1, -0.05) is 140 Å². The molecule has 11 atom stereocenters. The van der Waals surface area contributed by atoms with Crippen molar-refractivity contribution in [3.63, 3.8) is 0 Å². The quantitative estimate of drug-likeness (QED) is 0.0518. The predicted octanol–water partition coefficient (Wildman–Crippen LogP) is 12.9. The molecule has 3 saturated carbocycles. The first-order chi connectivity index (χ1) is 40.6. The molecule has 11 unspecified atom stereocenters. The third-order valence-electron chi connectivity index (χ3n) is 20.8. The van der Waals surface area contributed by atoms with Crippen molar-refractivity contribution >= 4 is 29.0 Å². The van der Waals surface area contributed by atoms with E-state index in [4.69, 9.17) is 23.4 Å². The number of fused-ring (bicyclic) bond motifs is 17. The molecule has 8 aliphatic rings. The number of allylic oxidation sites excluding steroid dienone is 3. The maximum atomic E-state index is 15.8. The summed E-state index contributed by atoms with van der Waals surface area (Å²) >= 11 is 0. The fourth-order valence-corrected chi connectivity index (χ4v) is 16.8. The zero-order valence-electron chi connectivity index (χ0n) is 47.7. The molecule has 0 radical (unpaired) electrons. The van der Waals surface area contributed by atoms with Gasteiger partial charge in [0.2, 0.25) is 0 Å². The van der Waals surface area contributed by atoms with Crippen LogP contribution in [0.5, 0.6) is 5.75 Å². The van der Waals surface area contributed by atoms with Crippen molar-refractivity contribution < 1.29 is 48.3 Å². The summed E-state index contributed by atoms with van der Waals surface area (Å²) in [6.07, 6.45) is 15.7. The van der Waals surface area contributed by atoms with Gasteiger partial charge in [0.15, 0.2) is 17.8 Å². The normalized spacial score (nSPS) is 28.9. The number of aryl methyl sites for hydroxylation is 1. The number of hydrogen-bond acceptors (Lipinski definition) is 11. The van der Waals surface area contributed by atoms with E-state index in [2.05, 4.69) is 127 Å². The summed E-state index contributed by atoms with van der Waals surface area (Å²) in [5.41, 5.74) is 8.02. The van der Waals surface area contributed by atoms with Crippen molar-refractivity contribution in [1.29, 1.82) is 0 Å². The molecule has 3 N–H and O–H groups in total. The molecule has 5 aromatic carbocycles. The Hall–Kier alpha value is -6.89. The van der Waals surface area contributed by atoms with Crippen molar-refractivity contribution in [1.82, 2.24) is 0 Å². The fourth-order valence-electron chi connectivity index (χ4n) is 16.8. The fraction of sp³-hybridized carbons (Fsp3) is 0.431. The highest BCUT2D eigenvalue weighted by Gasteiger charge is 2.65. The maximum Gasteiger partial charge on any atom is 0.340 e. The van der Waals surface area contributed by atoms with Gasteiger partial charge < -0.3 is 38.7 Å². The number of carbonyl (C=O) groups excluding carboxylic acids is 2. The lowest BCUT2D eigenvalue weighted by molar-refractivity contribution is -0.212. The smallest absolute Gasteiger partial charge is 0.340 e. The summed E-state index contributed by atoms with van der Waals surface area (Å²) in [5, 5.41) is 32.7. The van der Waals surface area contributed by atoms with E-state index in [1.807, 2.05) is 6.07 Å². The van der Waals surface area contributed by atoms with Crippen LogP contribution < -0.4 is 10.4 Å². The van der Waals surface area contributed by atoms with Crippen LogP contribution in [0.15, 0.2) is 154 Å².